The Balaban J connectivity index is 1.58. The van der Waals surface area contributed by atoms with Gasteiger partial charge in [-0.05, 0) is 55.8 Å². The Kier molecular flexibility index (Phi) is 6.80. The molecule has 30 heavy (non-hydrogen) atoms. The van der Waals surface area contributed by atoms with Crippen molar-refractivity contribution in [1.29, 1.82) is 0 Å². The third-order valence-corrected chi connectivity index (χ3v) is 4.60. The standard InChI is InChI=1S/C24H26N4O2/c1-4-23(29)26-20-12-10-19(11-13-20)16-24(30)25-17(2)14-22-15-18(3)27-28(22)21-8-6-5-7-9-21/h4-13,15,17H,1,14,16H2,2-3H3,(H,25,30)(H,26,29). The lowest BCUT2D eigenvalue weighted by molar-refractivity contribution is -0.121. The molecule has 0 saturated heterocycles. The van der Waals surface area contributed by atoms with Crippen molar-refractivity contribution in [1.82, 2.24) is 15.1 Å². The molecule has 2 amide bonds. The molecule has 0 fully saturated rings. The van der Waals surface area contributed by atoms with Crippen molar-refractivity contribution in [3.8, 4) is 5.69 Å². The molecule has 6 nitrogen and oxygen atoms in total. The van der Waals surface area contributed by atoms with Gasteiger partial charge in [-0.15, -0.1) is 0 Å². The smallest absolute Gasteiger partial charge is 0.247 e. The first-order valence-electron chi connectivity index (χ1n) is 9.87. The van der Waals surface area contributed by atoms with Crippen LogP contribution in [0.2, 0.25) is 0 Å². The molecule has 1 unspecified atom stereocenters. The van der Waals surface area contributed by atoms with Gasteiger partial charge >= 0.3 is 0 Å². The van der Waals surface area contributed by atoms with Crippen molar-refractivity contribution in [3.63, 3.8) is 0 Å². The van der Waals surface area contributed by atoms with E-state index in [1.165, 1.54) is 6.08 Å². The van der Waals surface area contributed by atoms with Gasteiger partial charge in [-0.3, -0.25) is 9.59 Å². The van der Waals surface area contributed by atoms with E-state index < -0.39 is 0 Å². The lowest BCUT2D eigenvalue weighted by Gasteiger charge is -2.15. The molecule has 1 aromatic heterocycles. The molecule has 1 atom stereocenters. The molecule has 0 radical (unpaired) electrons. The molecule has 3 rings (SSSR count). The fraction of sp³-hybridized carbons (Fsp3) is 0.208. The number of aryl methyl sites for hydroxylation is 1. The highest BCUT2D eigenvalue weighted by Crippen LogP contribution is 2.14. The van der Waals surface area contributed by atoms with E-state index in [4.69, 9.17) is 0 Å². The van der Waals surface area contributed by atoms with E-state index in [9.17, 15) is 9.59 Å². The molecule has 0 aliphatic rings. The Bertz CT molecular complexity index is 1020. The number of carbonyl (C=O) groups is 2. The van der Waals surface area contributed by atoms with Gasteiger partial charge in [0, 0.05) is 23.8 Å². The second-order valence-corrected chi connectivity index (χ2v) is 7.26. The Labute approximate surface area is 176 Å². The maximum atomic E-state index is 12.5. The van der Waals surface area contributed by atoms with Gasteiger partial charge in [0.25, 0.3) is 0 Å². The minimum absolute atomic E-state index is 0.0396. The molecule has 0 aliphatic heterocycles. The molecule has 154 valence electrons. The van der Waals surface area contributed by atoms with Crippen LogP contribution in [0.1, 0.15) is 23.9 Å². The van der Waals surface area contributed by atoms with Gasteiger partial charge in [0.15, 0.2) is 0 Å². The summed E-state index contributed by atoms with van der Waals surface area (Å²) in [5, 5.41) is 10.3. The highest BCUT2D eigenvalue weighted by molar-refractivity contribution is 5.98. The maximum absolute atomic E-state index is 12.5. The van der Waals surface area contributed by atoms with Gasteiger partial charge in [0.1, 0.15) is 0 Å². The zero-order valence-corrected chi connectivity index (χ0v) is 17.3. The number of hydrogen-bond acceptors (Lipinski definition) is 3. The van der Waals surface area contributed by atoms with Crippen LogP contribution in [0.5, 0.6) is 0 Å². The Morgan fingerprint density at radius 1 is 1.13 bits per heavy atom. The number of anilines is 1. The van der Waals surface area contributed by atoms with Crippen molar-refractivity contribution >= 4 is 17.5 Å². The Morgan fingerprint density at radius 2 is 1.83 bits per heavy atom. The number of carbonyl (C=O) groups excluding carboxylic acids is 2. The molecule has 2 N–H and O–H groups in total. The van der Waals surface area contributed by atoms with Crippen LogP contribution >= 0.6 is 0 Å². The highest BCUT2D eigenvalue weighted by Gasteiger charge is 2.14. The lowest BCUT2D eigenvalue weighted by atomic mass is 10.1. The van der Waals surface area contributed by atoms with Crippen molar-refractivity contribution in [2.45, 2.75) is 32.7 Å². The van der Waals surface area contributed by atoms with Crippen LogP contribution in [0.15, 0.2) is 73.3 Å². The van der Waals surface area contributed by atoms with Gasteiger partial charge in [-0.1, -0.05) is 36.9 Å². The van der Waals surface area contributed by atoms with E-state index in [0.717, 1.165) is 22.6 Å². The third kappa shape index (κ3) is 5.67. The van der Waals surface area contributed by atoms with Gasteiger partial charge < -0.3 is 10.6 Å². The molecule has 0 bridgehead atoms. The fourth-order valence-corrected chi connectivity index (χ4v) is 3.27. The number of aromatic nitrogens is 2. The summed E-state index contributed by atoms with van der Waals surface area (Å²) < 4.78 is 1.92. The van der Waals surface area contributed by atoms with Crippen LogP contribution in [0.4, 0.5) is 5.69 Å². The average molecular weight is 402 g/mol. The molecular formula is C24H26N4O2. The van der Waals surface area contributed by atoms with Crippen LogP contribution in [-0.4, -0.2) is 27.6 Å². The topological polar surface area (TPSA) is 76.0 Å². The van der Waals surface area contributed by atoms with Gasteiger partial charge in [0.2, 0.25) is 11.8 Å². The number of para-hydroxylation sites is 1. The molecular weight excluding hydrogens is 376 g/mol. The zero-order chi connectivity index (χ0) is 21.5. The largest absolute Gasteiger partial charge is 0.353 e. The summed E-state index contributed by atoms with van der Waals surface area (Å²) in [6.45, 7) is 7.38. The summed E-state index contributed by atoms with van der Waals surface area (Å²) in [4.78, 5) is 23.8. The molecule has 0 aliphatic carbocycles. The molecule has 0 saturated carbocycles. The molecule has 3 aromatic rings. The van der Waals surface area contributed by atoms with Gasteiger partial charge in [-0.25, -0.2) is 4.68 Å². The summed E-state index contributed by atoms with van der Waals surface area (Å²) in [6, 6.07) is 19.2. The lowest BCUT2D eigenvalue weighted by Crippen LogP contribution is -2.35. The van der Waals surface area contributed by atoms with E-state index in [1.807, 2.05) is 67.1 Å². The first-order chi connectivity index (χ1) is 14.4. The van der Waals surface area contributed by atoms with Crippen molar-refractivity contribution in [3.05, 3.63) is 90.3 Å². The summed E-state index contributed by atoms with van der Waals surface area (Å²) in [7, 11) is 0. The number of rotatable bonds is 8. The average Bonchev–Trinajstić information content (AvgIpc) is 3.09. The summed E-state index contributed by atoms with van der Waals surface area (Å²) >= 11 is 0. The minimum atomic E-state index is -0.265. The second kappa shape index (κ2) is 9.69. The summed E-state index contributed by atoms with van der Waals surface area (Å²) in [5.41, 5.74) is 4.54. The van der Waals surface area contributed by atoms with Crippen LogP contribution < -0.4 is 10.6 Å². The van der Waals surface area contributed by atoms with E-state index in [1.54, 1.807) is 12.1 Å². The van der Waals surface area contributed by atoms with E-state index in [-0.39, 0.29) is 24.3 Å². The van der Waals surface area contributed by atoms with E-state index in [2.05, 4.69) is 22.3 Å². The molecule has 6 heteroatoms. The predicted molar refractivity (Wildman–Crippen MR) is 119 cm³/mol. The predicted octanol–water partition coefficient (Wildman–Crippen LogP) is 3.60. The van der Waals surface area contributed by atoms with Gasteiger partial charge in [-0.2, -0.15) is 5.10 Å². The fourth-order valence-electron chi connectivity index (χ4n) is 3.27. The Hall–Kier alpha value is -3.67. The first kappa shape index (κ1) is 21.0. The monoisotopic (exact) mass is 402 g/mol. The van der Waals surface area contributed by atoms with Crippen molar-refractivity contribution < 1.29 is 9.59 Å². The number of hydrogen-bond donors (Lipinski definition) is 2. The van der Waals surface area contributed by atoms with Crippen molar-refractivity contribution in [2.24, 2.45) is 0 Å². The number of benzene rings is 2. The Morgan fingerprint density at radius 3 is 2.50 bits per heavy atom. The summed E-state index contributed by atoms with van der Waals surface area (Å²) in [6.07, 6.45) is 2.17. The second-order valence-electron chi connectivity index (χ2n) is 7.26. The van der Waals surface area contributed by atoms with Gasteiger partial charge in [0.05, 0.1) is 17.8 Å². The number of amides is 2. The molecule has 0 spiro atoms. The number of nitrogens with one attached hydrogen (secondary N) is 2. The van der Waals surface area contributed by atoms with Crippen molar-refractivity contribution in [2.75, 3.05) is 5.32 Å². The first-order valence-corrected chi connectivity index (χ1v) is 9.87. The maximum Gasteiger partial charge on any atom is 0.247 e. The van der Waals surface area contributed by atoms with Crippen LogP contribution in [0.25, 0.3) is 5.69 Å². The molecule has 2 aromatic carbocycles. The quantitative estimate of drug-likeness (QED) is 0.565. The third-order valence-electron chi connectivity index (χ3n) is 4.60. The SMILES string of the molecule is C=CC(=O)Nc1ccc(CC(=O)NC(C)Cc2cc(C)nn2-c2ccccc2)cc1. The number of nitrogens with zero attached hydrogens (tertiary/aromatic N) is 2. The normalized spacial score (nSPS) is 11.5. The summed E-state index contributed by atoms with van der Waals surface area (Å²) in [5.74, 6) is -0.313. The minimum Gasteiger partial charge on any atom is -0.353 e. The van der Waals surface area contributed by atoms with Crippen LogP contribution in [0.3, 0.4) is 0 Å². The highest BCUT2D eigenvalue weighted by atomic mass is 16.2. The van der Waals surface area contributed by atoms with E-state index >= 15 is 0 Å². The molecule has 1 heterocycles. The van der Waals surface area contributed by atoms with Crippen LogP contribution in [0, 0.1) is 6.92 Å². The van der Waals surface area contributed by atoms with E-state index in [0.29, 0.717) is 12.1 Å². The zero-order valence-electron chi connectivity index (χ0n) is 17.3. The van der Waals surface area contributed by atoms with Crippen LogP contribution in [-0.2, 0) is 22.4 Å².